The number of rotatable bonds is 5. The zero-order valence-electron chi connectivity index (χ0n) is 13.1. The van der Waals surface area contributed by atoms with Gasteiger partial charge in [-0.3, -0.25) is 5.41 Å². The topological polar surface area (TPSA) is 88.2 Å². The number of benzene rings is 2. The van der Waals surface area contributed by atoms with Gasteiger partial charge in [-0.25, -0.2) is 4.79 Å². The molecule has 2 aromatic carbocycles. The molecule has 6 heteroatoms. The SMILES string of the molecule is N=C(N)SCCNC(=O)OCC1c2ccccc2-c2ccccc21. The fourth-order valence-corrected chi connectivity index (χ4v) is 3.39. The van der Waals surface area contributed by atoms with Gasteiger partial charge in [0.25, 0.3) is 0 Å². The number of ether oxygens (including phenoxy) is 1. The van der Waals surface area contributed by atoms with Crippen LogP contribution in [0, 0.1) is 5.41 Å². The summed E-state index contributed by atoms with van der Waals surface area (Å²) >= 11 is 1.19. The van der Waals surface area contributed by atoms with E-state index in [4.69, 9.17) is 15.9 Å². The molecule has 1 aliphatic carbocycles. The van der Waals surface area contributed by atoms with Crippen molar-refractivity contribution in [1.82, 2.24) is 5.32 Å². The van der Waals surface area contributed by atoms with E-state index in [1.807, 2.05) is 24.3 Å². The van der Waals surface area contributed by atoms with Gasteiger partial charge in [0.1, 0.15) is 6.61 Å². The van der Waals surface area contributed by atoms with Crippen LogP contribution in [-0.2, 0) is 4.74 Å². The molecule has 1 aliphatic rings. The Kier molecular flexibility index (Phi) is 5.05. The van der Waals surface area contributed by atoms with Crippen LogP contribution in [0.4, 0.5) is 4.79 Å². The Morgan fingerprint density at radius 1 is 1.12 bits per heavy atom. The molecule has 0 saturated carbocycles. The van der Waals surface area contributed by atoms with Crippen LogP contribution in [0.15, 0.2) is 48.5 Å². The predicted molar refractivity (Wildman–Crippen MR) is 97.4 cm³/mol. The Labute approximate surface area is 145 Å². The first-order chi connectivity index (χ1) is 11.7. The third kappa shape index (κ3) is 3.54. The van der Waals surface area contributed by atoms with Crippen molar-refractivity contribution in [3.05, 3.63) is 59.7 Å². The number of nitrogens with two attached hydrogens (primary N) is 1. The highest BCUT2D eigenvalue weighted by molar-refractivity contribution is 8.13. The predicted octanol–water partition coefficient (Wildman–Crippen LogP) is 3.15. The smallest absolute Gasteiger partial charge is 0.407 e. The van der Waals surface area contributed by atoms with Gasteiger partial charge in [-0.1, -0.05) is 60.3 Å². The zero-order valence-corrected chi connectivity index (χ0v) is 13.9. The minimum Gasteiger partial charge on any atom is -0.449 e. The quantitative estimate of drug-likeness (QED) is 0.443. The highest BCUT2D eigenvalue weighted by Gasteiger charge is 2.28. The van der Waals surface area contributed by atoms with Crippen LogP contribution >= 0.6 is 11.8 Å². The molecule has 0 unspecified atom stereocenters. The molecule has 0 spiro atoms. The van der Waals surface area contributed by atoms with Gasteiger partial charge < -0.3 is 15.8 Å². The van der Waals surface area contributed by atoms with Crippen LogP contribution in [0.5, 0.6) is 0 Å². The number of amidine groups is 1. The van der Waals surface area contributed by atoms with E-state index in [1.165, 1.54) is 34.0 Å². The van der Waals surface area contributed by atoms with E-state index >= 15 is 0 Å². The van der Waals surface area contributed by atoms with E-state index in [2.05, 4.69) is 29.6 Å². The number of alkyl carbamates (subject to hydrolysis) is 1. The summed E-state index contributed by atoms with van der Waals surface area (Å²) in [7, 11) is 0. The molecule has 2 aromatic rings. The lowest BCUT2D eigenvalue weighted by molar-refractivity contribution is 0.143. The van der Waals surface area contributed by atoms with Crippen molar-refractivity contribution in [3.8, 4) is 11.1 Å². The van der Waals surface area contributed by atoms with Gasteiger partial charge in [-0.15, -0.1) is 0 Å². The minimum atomic E-state index is -0.444. The summed E-state index contributed by atoms with van der Waals surface area (Å²) in [5.41, 5.74) is 10.0. The van der Waals surface area contributed by atoms with E-state index in [1.54, 1.807) is 0 Å². The molecule has 124 valence electrons. The monoisotopic (exact) mass is 341 g/mol. The molecular formula is C18H19N3O2S. The van der Waals surface area contributed by atoms with Crippen LogP contribution in [0.2, 0.25) is 0 Å². The van der Waals surface area contributed by atoms with Crippen molar-refractivity contribution in [2.75, 3.05) is 18.9 Å². The Bertz CT molecular complexity index is 718. The normalized spacial score (nSPS) is 12.3. The maximum Gasteiger partial charge on any atom is 0.407 e. The number of thioether (sulfide) groups is 1. The van der Waals surface area contributed by atoms with E-state index in [-0.39, 0.29) is 11.1 Å². The summed E-state index contributed by atoms with van der Waals surface area (Å²) in [6, 6.07) is 16.5. The Balaban J connectivity index is 1.61. The summed E-state index contributed by atoms with van der Waals surface area (Å²) in [5, 5.41) is 9.83. The van der Waals surface area contributed by atoms with Gasteiger partial charge in [0, 0.05) is 18.2 Å². The van der Waals surface area contributed by atoms with E-state index in [0.29, 0.717) is 18.9 Å². The van der Waals surface area contributed by atoms with Gasteiger partial charge in [-0.05, 0) is 22.3 Å². The lowest BCUT2D eigenvalue weighted by atomic mass is 9.98. The van der Waals surface area contributed by atoms with Crippen molar-refractivity contribution >= 4 is 23.0 Å². The summed E-state index contributed by atoms with van der Waals surface area (Å²) in [6.07, 6.45) is -0.444. The van der Waals surface area contributed by atoms with E-state index in [9.17, 15) is 4.79 Å². The zero-order chi connectivity index (χ0) is 16.9. The molecule has 0 radical (unpaired) electrons. The first-order valence-corrected chi connectivity index (χ1v) is 8.71. The highest BCUT2D eigenvalue weighted by Crippen LogP contribution is 2.44. The van der Waals surface area contributed by atoms with Crippen molar-refractivity contribution in [2.24, 2.45) is 5.73 Å². The molecule has 0 aliphatic heterocycles. The van der Waals surface area contributed by atoms with E-state index in [0.717, 1.165) is 0 Å². The third-order valence-electron chi connectivity index (χ3n) is 3.97. The van der Waals surface area contributed by atoms with Gasteiger partial charge >= 0.3 is 6.09 Å². The number of fused-ring (bicyclic) bond motifs is 3. The molecule has 0 heterocycles. The molecule has 5 nitrogen and oxygen atoms in total. The second kappa shape index (κ2) is 7.40. The van der Waals surface area contributed by atoms with Gasteiger partial charge in [0.05, 0.1) is 0 Å². The summed E-state index contributed by atoms with van der Waals surface area (Å²) < 4.78 is 5.40. The lowest BCUT2D eigenvalue weighted by Crippen LogP contribution is -2.28. The molecule has 0 aromatic heterocycles. The van der Waals surface area contributed by atoms with Crippen LogP contribution in [0.3, 0.4) is 0 Å². The molecule has 1 amide bonds. The number of carbonyl (C=O) groups is 1. The van der Waals surface area contributed by atoms with E-state index < -0.39 is 6.09 Å². The van der Waals surface area contributed by atoms with Crippen molar-refractivity contribution in [1.29, 1.82) is 5.41 Å². The molecule has 0 atom stereocenters. The number of hydrogen-bond donors (Lipinski definition) is 3. The average Bonchev–Trinajstić information content (AvgIpc) is 2.91. The molecule has 3 rings (SSSR count). The van der Waals surface area contributed by atoms with Crippen LogP contribution < -0.4 is 11.1 Å². The average molecular weight is 341 g/mol. The summed E-state index contributed by atoms with van der Waals surface area (Å²) in [4.78, 5) is 11.8. The maximum atomic E-state index is 11.8. The highest BCUT2D eigenvalue weighted by atomic mass is 32.2. The fraction of sp³-hybridized carbons (Fsp3) is 0.222. The largest absolute Gasteiger partial charge is 0.449 e. The number of hydrogen-bond acceptors (Lipinski definition) is 4. The van der Waals surface area contributed by atoms with Gasteiger partial charge in [0.2, 0.25) is 0 Å². The van der Waals surface area contributed by atoms with Gasteiger partial charge in [0.15, 0.2) is 5.17 Å². The molecular weight excluding hydrogens is 322 g/mol. The Hall–Kier alpha value is -2.47. The number of amides is 1. The second-order valence-electron chi connectivity index (χ2n) is 5.47. The molecule has 0 saturated heterocycles. The van der Waals surface area contributed by atoms with Crippen LogP contribution in [0.1, 0.15) is 17.0 Å². The van der Waals surface area contributed by atoms with Gasteiger partial charge in [-0.2, -0.15) is 0 Å². The maximum absolute atomic E-state index is 11.8. The number of carbonyl (C=O) groups excluding carboxylic acids is 1. The van der Waals surface area contributed by atoms with Crippen molar-refractivity contribution in [2.45, 2.75) is 5.92 Å². The molecule has 4 N–H and O–H groups in total. The third-order valence-corrected chi connectivity index (χ3v) is 4.69. The summed E-state index contributed by atoms with van der Waals surface area (Å²) in [6.45, 7) is 0.723. The Morgan fingerprint density at radius 3 is 2.29 bits per heavy atom. The lowest BCUT2D eigenvalue weighted by Gasteiger charge is -2.14. The first-order valence-electron chi connectivity index (χ1n) is 7.72. The van der Waals surface area contributed by atoms with Crippen LogP contribution in [0.25, 0.3) is 11.1 Å². The Morgan fingerprint density at radius 2 is 1.71 bits per heavy atom. The van der Waals surface area contributed by atoms with Crippen LogP contribution in [-0.4, -0.2) is 30.2 Å². The second-order valence-corrected chi connectivity index (χ2v) is 6.60. The molecule has 0 fully saturated rings. The standard InChI is InChI=1S/C18H19N3O2S/c19-17(20)24-10-9-21-18(22)23-11-16-14-7-3-1-5-12(14)13-6-2-4-8-15(13)16/h1-8,16H,9-11H2,(H3,19,20)(H,21,22). The fourth-order valence-electron chi connectivity index (χ4n) is 2.96. The van der Waals surface area contributed by atoms with Crippen molar-refractivity contribution < 1.29 is 9.53 Å². The summed E-state index contributed by atoms with van der Waals surface area (Å²) in [5.74, 6) is 0.620. The number of nitrogens with one attached hydrogen (secondary N) is 2. The molecule has 0 bridgehead atoms. The van der Waals surface area contributed by atoms with Crippen molar-refractivity contribution in [3.63, 3.8) is 0 Å². The first kappa shape index (κ1) is 16.4. The molecule has 24 heavy (non-hydrogen) atoms. The minimum absolute atomic E-state index is 0.0457.